The summed E-state index contributed by atoms with van der Waals surface area (Å²) in [7, 11) is 0. The topological polar surface area (TPSA) is 33.5 Å². The largest absolute Gasteiger partial charge is 0.509 e. The third kappa shape index (κ3) is 7.03. The molecule has 0 amide bonds. The Hall–Kier alpha value is -6.56. The summed E-state index contributed by atoms with van der Waals surface area (Å²) in [4.78, 5) is 9.03. The number of nitrogens with zero attached hydrogens (tertiary/aromatic N) is 4. The number of rotatable bonds is 7. The van der Waals surface area contributed by atoms with Crippen LogP contribution in [0.25, 0.3) is 49.9 Å². The first-order valence-electron chi connectivity index (χ1n) is 19.5. The maximum absolute atomic E-state index is 14.2. The Morgan fingerprint density at radius 3 is 1.90 bits per heavy atom. The van der Waals surface area contributed by atoms with Crippen molar-refractivity contribution in [3.63, 3.8) is 0 Å². The van der Waals surface area contributed by atoms with Gasteiger partial charge in [0.1, 0.15) is 17.5 Å². The quantitative estimate of drug-likeness (QED) is 0.149. The van der Waals surface area contributed by atoms with Crippen LogP contribution in [-0.4, -0.2) is 9.55 Å². The van der Waals surface area contributed by atoms with E-state index in [1.807, 2.05) is 73.5 Å². The molecule has 0 bridgehead atoms. The first-order chi connectivity index (χ1) is 28.7. The van der Waals surface area contributed by atoms with Crippen LogP contribution in [0.5, 0.6) is 11.5 Å². The molecule has 60 heavy (non-hydrogen) atoms. The molecular weight excluding hydrogens is 930 g/mol. The Balaban J connectivity index is 0.00000462. The molecule has 0 fully saturated rings. The van der Waals surface area contributed by atoms with E-state index in [1.165, 1.54) is 29.8 Å². The number of pyridine rings is 1. The van der Waals surface area contributed by atoms with Gasteiger partial charge in [0.2, 0.25) is 0 Å². The summed E-state index contributed by atoms with van der Waals surface area (Å²) in [5.74, 6) is 1.27. The number of halogens is 2. The fraction of sp³-hybridized carbons (Fsp3) is 0.0769. The Kier molecular flexibility index (Phi) is 10.1. The molecule has 0 radical (unpaired) electrons. The maximum atomic E-state index is 14.2. The van der Waals surface area contributed by atoms with Crippen LogP contribution in [0.15, 0.2) is 164 Å². The van der Waals surface area contributed by atoms with Gasteiger partial charge < -0.3 is 19.1 Å². The molecule has 7 aromatic carbocycles. The normalized spacial score (nSPS) is 12.5. The van der Waals surface area contributed by atoms with Crippen LogP contribution in [-0.2, 0) is 26.5 Å². The summed E-state index contributed by atoms with van der Waals surface area (Å²) in [6, 6.07) is 56.7. The van der Waals surface area contributed by atoms with Gasteiger partial charge in [-0.3, -0.25) is 0 Å². The van der Waals surface area contributed by atoms with E-state index < -0.39 is 0 Å². The predicted molar refractivity (Wildman–Crippen MR) is 234 cm³/mol. The van der Waals surface area contributed by atoms with Crippen molar-refractivity contribution in [2.75, 3.05) is 9.80 Å². The van der Waals surface area contributed by atoms with Crippen LogP contribution in [0.1, 0.15) is 26.3 Å². The van der Waals surface area contributed by atoms with Gasteiger partial charge in [-0.2, -0.15) is 12.1 Å². The van der Waals surface area contributed by atoms with Crippen LogP contribution in [0.4, 0.5) is 31.5 Å². The van der Waals surface area contributed by atoms with Crippen molar-refractivity contribution in [2.45, 2.75) is 26.2 Å². The van der Waals surface area contributed by atoms with Crippen molar-refractivity contribution in [1.82, 2.24) is 9.55 Å². The fourth-order valence-electron chi connectivity index (χ4n) is 7.94. The van der Waals surface area contributed by atoms with E-state index in [1.54, 1.807) is 24.3 Å². The zero-order valence-corrected chi connectivity index (χ0v) is 35.2. The molecule has 5 nitrogen and oxygen atoms in total. The number of ether oxygens (including phenoxy) is 1. The molecule has 9 aromatic rings. The maximum Gasteiger partial charge on any atom is 0.135 e. The molecule has 0 aliphatic carbocycles. The third-order valence-corrected chi connectivity index (χ3v) is 10.8. The standard InChI is InChI=1S/C52H37F2N4O.Pt/c1-52(2,3)36-28-29-55-50(30-36)58-46-15-5-4-12-44(46)45-27-26-41(32-49(45)58)59-40-11-8-10-39(31-40)56-33-57(48-17-7-6-16-47(48)56)51-42(34-18-22-37(53)23-19-34)13-9-14-43(51)35-20-24-38(54)25-21-35;/h4-30,33H,1-3H3;/q-3;. The number of aromatic nitrogens is 2. The van der Waals surface area contributed by atoms with E-state index in [-0.39, 0.29) is 38.1 Å². The Morgan fingerprint density at radius 1 is 0.600 bits per heavy atom. The van der Waals surface area contributed by atoms with E-state index in [2.05, 4.69) is 95.8 Å². The van der Waals surface area contributed by atoms with E-state index in [0.717, 1.165) is 72.6 Å². The van der Waals surface area contributed by atoms with Crippen molar-refractivity contribution in [2.24, 2.45) is 0 Å². The first-order valence-corrected chi connectivity index (χ1v) is 19.5. The first kappa shape index (κ1) is 38.9. The smallest absolute Gasteiger partial charge is 0.135 e. The minimum Gasteiger partial charge on any atom is -0.509 e. The van der Waals surface area contributed by atoms with Crippen LogP contribution >= 0.6 is 0 Å². The molecule has 0 saturated carbocycles. The van der Waals surface area contributed by atoms with E-state index in [9.17, 15) is 8.78 Å². The fourth-order valence-corrected chi connectivity index (χ4v) is 7.94. The minimum atomic E-state index is -0.310. The molecular formula is C52H37F2N4OPt-3. The van der Waals surface area contributed by atoms with Crippen molar-refractivity contribution in [3.8, 4) is 39.6 Å². The Morgan fingerprint density at radius 2 is 1.22 bits per heavy atom. The van der Waals surface area contributed by atoms with Crippen molar-refractivity contribution < 1.29 is 34.6 Å². The monoisotopic (exact) mass is 966 g/mol. The second kappa shape index (κ2) is 15.6. The Bertz CT molecular complexity index is 2960. The number of anilines is 4. The van der Waals surface area contributed by atoms with Gasteiger partial charge in [0, 0.05) is 72.5 Å². The van der Waals surface area contributed by atoms with Crippen LogP contribution in [0.2, 0.25) is 0 Å². The molecule has 10 rings (SSSR count). The molecule has 2 aromatic heterocycles. The van der Waals surface area contributed by atoms with Crippen molar-refractivity contribution in [3.05, 3.63) is 200 Å². The van der Waals surface area contributed by atoms with Crippen LogP contribution < -0.4 is 14.5 Å². The van der Waals surface area contributed by atoms with Gasteiger partial charge in [0.15, 0.2) is 0 Å². The van der Waals surface area contributed by atoms with Gasteiger partial charge in [0.05, 0.1) is 0 Å². The molecule has 0 saturated heterocycles. The molecule has 1 aliphatic rings. The van der Waals surface area contributed by atoms with E-state index >= 15 is 0 Å². The average Bonchev–Trinajstić information content (AvgIpc) is 3.80. The molecule has 298 valence electrons. The SMILES string of the molecule is CC(C)(C)c1ccnc(-n2c3[c-]c(Oc4[c-]c(N5[CH-]N(c6c(-c7ccc(F)cc7)cccc6-c6ccc(F)cc6)c6ccccc65)ccc4)ccc3c3ccccc32)c1.[Pt]. The summed E-state index contributed by atoms with van der Waals surface area (Å²) in [6.07, 6.45) is 1.87. The molecule has 0 unspecified atom stereocenters. The third-order valence-electron chi connectivity index (χ3n) is 10.8. The summed E-state index contributed by atoms with van der Waals surface area (Å²) in [5, 5.41) is 2.16. The second-order valence-electron chi connectivity index (χ2n) is 15.7. The van der Waals surface area contributed by atoms with Gasteiger partial charge in [-0.25, -0.2) is 13.8 Å². The van der Waals surface area contributed by atoms with Gasteiger partial charge >= 0.3 is 0 Å². The zero-order valence-electron chi connectivity index (χ0n) is 32.9. The summed E-state index contributed by atoms with van der Waals surface area (Å²) in [6.45, 7) is 8.64. The molecule has 0 atom stereocenters. The molecule has 0 N–H and O–H groups in total. The van der Waals surface area contributed by atoms with E-state index in [4.69, 9.17) is 9.72 Å². The minimum absolute atomic E-state index is 0. The van der Waals surface area contributed by atoms with Gasteiger partial charge in [-0.05, 0) is 82.1 Å². The Labute approximate surface area is 362 Å². The van der Waals surface area contributed by atoms with Crippen LogP contribution in [0.3, 0.4) is 0 Å². The second-order valence-corrected chi connectivity index (χ2v) is 15.7. The van der Waals surface area contributed by atoms with Crippen molar-refractivity contribution in [1.29, 1.82) is 0 Å². The molecule has 1 aliphatic heterocycles. The predicted octanol–water partition coefficient (Wildman–Crippen LogP) is 13.9. The van der Waals surface area contributed by atoms with Crippen molar-refractivity contribution >= 4 is 44.6 Å². The summed E-state index contributed by atoms with van der Waals surface area (Å²) >= 11 is 0. The number of hydrogen-bond acceptors (Lipinski definition) is 4. The van der Waals surface area contributed by atoms with Crippen LogP contribution in [0, 0.1) is 30.4 Å². The number of fused-ring (bicyclic) bond motifs is 4. The average molecular weight is 967 g/mol. The van der Waals surface area contributed by atoms with E-state index in [0.29, 0.717) is 11.5 Å². The van der Waals surface area contributed by atoms with Gasteiger partial charge in [0.25, 0.3) is 0 Å². The number of hydrogen-bond donors (Lipinski definition) is 0. The molecule has 0 spiro atoms. The molecule has 8 heteroatoms. The number of para-hydroxylation sites is 4. The zero-order chi connectivity index (χ0) is 40.3. The van der Waals surface area contributed by atoms with Gasteiger partial charge in [-0.1, -0.05) is 99.1 Å². The summed E-state index contributed by atoms with van der Waals surface area (Å²) in [5.41, 5.74) is 10.0. The van der Waals surface area contributed by atoms with Gasteiger partial charge in [-0.15, -0.1) is 48.1 Å². The molecule has 3 heterocycles. The number of benzene rings is 7. The summed E-state index contributed by atoms with van der Waals surface area (Å²) < 4.78 is 37.0.